The van der Waals surface area contributed by atoms with Crippen molar-refractivity contribution in [2.45, 2.75) is 71.2 Å². The highest BCUT2D eigenvalue weighted by Gasteiger charge is 2.25. The highest BCUT2D eigenvalue weighted by atomic mass is 19.1. The number of halogens is 1. The third-order valence-corrected chi connectivity index (χ3v) is 5.68. The highest BCUT2D eigenvalue weighted by Crippen LogP contribution is 2.27. The molecule has 164 valence electrons. The topological polar surface area (TPSA) is 81.8 Å². The molecule has 1 aliphatic carbocycles. The Labute approximate surface area is 176 Å². The van der Waals surface area contributed by atoms with Gasteiger partial charge in [0, 0.05) is 12.2 Å². The number of rotatable bonds is 10. The molecule has 1 unspecified atom stereocenters. The molecular formula is C23H30FNO5. The average molecular weight is 419 g/mol. The van der Waals surface area contributed by atoms with Crippen molar-refractivity contribution in [1.29, 1.82) is 0 Å². The third kappa shape index (κ3) is 6.12. The van der Waals surface area contributed by atoms with E-state index < -0.39 is 5.97 Å². The molecule has 1 N–H and O–H groups in total. The van der Waals surface area contributed by atoms with Crippen LogP contribution in [0.5, 0.6) is 0 Å². The number of carbonyl (C=O) groups is 1. The SMILES string of the molecule is CCC(CCO[C@@H]1CCC[C@H](OCc2nc(-c3ccc(F)cc3)oc2C)C1)C(=O)O. The minimum absolute atomic E-state index is 0.0792. The number of nitrogens with zero attached hydrogens (tertiary/aromatic N) is 1. The number of benzene rings is 1. The van der Waals surface area contributed by atoms with Gasteiger partial charge in [-0.15, -0.1) is 0 Å². The van der Waals surface area contributed by atoms with Crippen molar-refractivity contribution < 1.29 is 28.2 Å². The van der Waals surface area contributed by atoms with Gasteiger partial charge in [-0.2, -0.15) is 0 Å². The lowest BCUT2D eigenvalue weighted by molar-refractivity contribution is -0.143. The predicted molar refractivity (Wildman–Crippen MR) is 109 cm³/mol. The molecular weight excluding hydrogens is 389 g/mol. The molecule has 7 heteroatoms. The van der Waals surface area contributed by atoms with Gasteiger partial charge in [-0.3, -0.25) is 4.79 Å². The number of aromatic nitrogens is 1. The molecule has 30 heavy (non-hydrogen) atoms. The van der Waals surface area contributed by atoms with Gasteiger partial charge in [-0.05, 0) is 69.7 Å². The van der Waals surface area contributed by atoms with Gasteiger partial charge < -0.3 is 19.0 Å². The standard InChI is InChI=1S/C23H30FNO5/c1-3-16(23(26)27)11-12-28-19-5-4-6-20(13-19)29-14-21-15(2)30-22(25-21)17-7-9-18(24)10-8-17/h7-10,16,19-20H,3-6,11-14H2,1-2H3,(H,26,27)/t16?,19-,20+/m1/s1. The second kappa shape index (κ2) is 10.7. The van der Waals surface area contributed by atoms with E-state index in [9.17, 15) is 9.18 Å². The first-order valence-corrected chi connectivity index (χ1v) is 10.6. The third-order valence-electron chi connectivity index (χ3n) is 5.68. The maximum absolute atomic E-state index is 13.1. The number of carboxylic acid groups (broad SMARTS) is 1. The first-order chi connectivity index (χ1) is 14.5. The quantitative estimate of drug-likeness (QED) is 0.575. The van der Waals surface area contributed by atoms with Crippen LogP contribution in [0.2, 0.25) is 0 Å². The predicted octanol–water partition coefficient (Wildman–Crippen LogP) is 5.13. The van der Waals surface area contributed by atoms with Crippen LogP contribution < -0.4 is 0 Å². The molecule has 1 aliphatic rings. The molecule has 1 aromatic carbocycles. The maximum atomic E-state index is 13.1. The fourth-order valence-electron chi connectivity index (χ4n) is 3.76. The minimum Gasteiger partial charge on any atom is -0.481 e. The largest absolute Gasteiger partial charge is 0.481 e. The number of aryl methyl sites for hydroxylation is 1. The van der Waals surface area contributed by atoms with Gasteiger partial charge in [-0.25, -0.2) is 9.37 Å². The zero-order chi connectivity index (χ0) is 21.5. The lowest BCUT2D eigenvalue weighted by Crippen LogP contribution is -2.29. The van der Waals surface area contributed by atoms with E-state index >= 15 is 0 Å². The Morgan fingerprint density at radius 1 is 1.27 bits per heavy atom. The van der Waals surface area contributed by atoms with Crippen LogP contribution in [0.15, 0.2) is 28.7 Å². The van der Waals surface area contributed by atoms with Crippen LogP contribution in [0.3, 0.4) is 0 Å². The Hall–Kier alpha value is -2.25. The van der Waals surface area contributed by atoms with Gasteiger partial charge in [-0.1, -0.05) is 6.92 Å². The van der Waals surface area contributed by atoms with Crippen molar-refractivity contribution >= 4 is 5.97 Å². The van der Waals surface area contributed by atoms with Crippen molar-refractivity contribution in [1.82, 2.24) is 4.98 Å². The Morgan fingerprint density at radius 3 is 2.63 bits per heavy atom. The molecule has 1 heterocycles. The molecule has 0 spiro atoms. The van der Waals surface area contributed by atoms with Crippen molar-refractivity contribution in [2.24, 2.45) is 5.92 Å². The summed E-state index contributed by atoms with van der Waals surface area (Å²) in [6.45, 7) is 4.55. The first-order valence-electron chi connectivity index (χ1n) is 10.6. The average Bonchev–Trinajstić information content (AvgIpc) is 3.11. The molecule has 0 amide bonds. The van der Waals surface area contributed by atoms with E-state index in [0.29, 0.717) is 37.7 Å². The number of aliphatic carboxylic acids is 1. The van der Waals surface area contributed by atoms with Crippen LogP contribution in [0.25, 0.3) is 11.5 Å². The second-order valence-corrected chi connectivity index (χ2v) is 7.85. The fourth-order valence-corrected chi connectivity index (χ4v) is 3.76. The summed E-state index contributed by atoms with van der Waals surface area (Å²) in [6.07, 6.45) is 5.09. The van der Waals surface area contributed by atoms with Crippen molar-refractivity contribution in [2.75, 3.05) is 6.61 Å². The molecule has 0 aliphatic heterocycles. The van der Waals surface area contributed by atoms with Crippen LogP contribution in [-0.4, -0.2) is 34.9 Å². The van der Waals surface area contributed by atoms with E-state index in [2.05, 4.69) is 4.98 Å². The Morgan fingerprint density at radius 2 is 1.97 bits per heavy atom. The molecule has 0 bridgehead atoms. The van der Waals surface area contributed by atoms with E-state index in [1.807, 2.05) is 13.8 Å². The van der Waals surface area contributed by atoms with Gasteiger partial charge in [0.1, 0.15) is 17.3 Å². The second-order valence-electron chi connectivity index (χ2n) is 7.85. The van der Waals surface area contributed by atoms with E-state index in [1.165, 1.54) is 12.1 Å². The minimum atomic E-state index is -0.756. The van der Waals surface area contributed by atoms with Crippen molar-refractivity contribution in [3.05, 3.63) is 41.5 Å². The van der Waals surface area contributed by atoms with Crippen LogP contribution in [0.1, 0.15) is 56.9 Å². The Balaban J connectivity index is 1.47. The zero-order valence-corrected chi connectivity index (χ0v) is 17.6. The summed E-state index contributed by atoms with van der Waals surface area (Å²) in [7, 11) is 0. The maximum Gasteiger partial charge on any atom is 0.306 e. The number of oxazole rings is 1. The molecule has 0 radical (unpaired) electrons. The molecule has 1 aromatic heterocycles. The monoisotopic (exact) mass is 419 g/mol. The Kier molecular flexibility index (Phi) is 7.99. The summed E-state index contributed by atoms with van der Waals surface area (Å²) in [5.41, 5.74) is 1.47. The van der Waals surface area contributed by atoms with Crippen LogP contribution >= 0.6 is 0 Å². The van der Waals surface area contributed by atoms with Gasteiger partial charge in [0.25, 0.3) is 0 Å². The number of hydrogen-bond donors (Lipinski definition) is 1. The summed E-state index contributed by atoms with van der Waals surface area (Å²) in [5.74, 6) is -0.245. The summed E-state index contributed by atoms with van der Waals surface area (Å²) < 4.78 is 30.8. The van der Waals surface area contributed by atoms with E-state index in [1.54, 1.807) is 12.1 Å². The number of hydrogen-bond acceptors (Lipinski definition) is 5. The van der Waals surface area contributed by atoms with Gasteiger partial charge in [0.2, 0.25) is 5.89 Å². The van der Waals surface area contributed by atoms with E-state index in [-0.39, 0.29) is 23.9 Å². The zero-order valence-electron chi connectivity index (χ0n) is 17.6. The summed E-state index contributed by atoms with van der Waals surface area (Å²) in [4.78, 5) is 15.6. The summed E-state index contributed by atoms with van der Waals surface area (Å²) in [6, 6.07) is 6.04. The molecule has 2 aromatic rings. The molecule has 3 rings (SSSR count). The molecule has 1 fully saturated rings. The lowest BCUT2D eigenvalue weighted by Gasteiger charge is -2.29. The van der Waals surface area contributed by atoms with E-state index in [4.69, 9.17) is 19.0 Å². The van der Waals surface area contributed by atoms with Crippen molar-refractivity contribution in [3.8, 4) is 11.5 Å². The number of ether oxygens (including phenoxy) is 2. The molecule has 1 saturated carbocycles. The fraction of sp³-hybridized carbons (Fsp3) is 0.565. The first kappa shape index (κ1) is 22.4. The smallest absolute Gasteiger partial charge is 0.306 e. The number of carboxylic acids is 1. The van der Waals surface area contributed by atoms with Gasteiger partial charge >= 0.3 is 5.97 Å². The molecule has 3 atom stereocenters. The lowest BCUT2D eigenvalue weighted by atomic mass is 9.94. The van der Waals surface area contributed by atoms with E-state index in [0.717, 1.165) is 36.9 Å². The summed E-state index contributed by atoms with van der Waals surface area (Å²) in [5, 5.41) is 9.13. The van der Waals surface area contributed by atoms with Gasteiger partial charge in [0.15, 0.2) is 0 Å². The van der Waals surface area contributed by atoms with Gasteiger partial charge in [0.05, 0.1) is 24.7 Å². The molecule has 6 nitrogen and oxygen atoms in total. The molecule has 0 saturated heterocycles. The van der Waals surface area contributed by atoms with Crippen molar-refractivity contribution in [3.63, 3.8) is 0 Å². The highest BCUT2D eigenvalue weighted by molar-refractivity contribution is 5.69. The van der Waals surface area contributed by atoms with Crippen LogP contribution in [0, 0.1) is 18.7 Å². The van der Waals surface area contributed by atoms with Crippen LogP contribution in [-0.2, 0) is 20.9 Å². The summed E-state index contributed by atoms with van der Waals surface area (Å²) >= 11 is 0. The normalized spacial score (nSPS) is 20.2. The Bertz CT molecular complexity index is 820. The van der Waals surface area contributed by atoms with Crippen LogP contribution in [0.4, 0.5) is 4.39 Å².